The van der Waals surface area contributed by atoms with Gasteiger partial charge >= 0.3 is 5.97 Å². The number of rotatable bonds is 9. The largest absolute Gasteiger partial charge is 0.466 e. The van der Waals surface area contributed by atoms with Crippen molar-refractivity contribution >= 4 is 29.4 Å². The van der Waals surface area contributed by atoms with Crippen molar-refractivity contribution in [3.63, 3.8) is 0 Å². The Bertz CT molecular complexity index is 1010. The first kappa shape index (κ1) is 25.7. The number of benzene rings is 1. The second-order valence-electron chi connectivity index (χ2n) is 8.88. The highest BCUT2D eigenvalue weighted by molar-refractivity contribution is 6.33. The summed E-state index contributed by atoms with van der Waals surface area (Å²) in [5, 5.41) is 4.46. The molecule has 2 aromatic rings. The number of esters is 1. The molecule has 8 nitrogen and oxygen atoms in total. The summed E-state index contributed by atoms with van der Waals surface area (Å²) < 4.78 is 10.5. The molecule has 34 heavy (non-hydrogen) atoms. The van der Waals surface area contributed by atoms with Crippen LogP contribution < -0.4 is 0 Å². The van der Waals surface area contributed by atoms with Gasteiger partial charge in [0.05, 0.1) is 17.5 Å². The lowest BCUT2D eigenvalue weighted by atomic mass is 9.98. The van der Waals surface area contributed by atoms with Crippen LogP contribution in [0, 0.1) is 11.8 Å². The first-order chi connectivity index (χ1) is 16.3. The molecule has 1 atom stereocenters. The van der Waals surface area contributed by atoms with Gasteiger partial charge in [-0.15, -0.1) is 0 Å². The van der Waals surface area contributed by atoms with Crippen LogP contribution in [0.3, 0.4) is 0 Å². The minimum atomic E-state index is -0.299. The number of ether oxygens (including phenoxy) is 1. The fourth-order valence-corrected chi connectivity index (χ4v) is 4.32. The minimum absolute atomic E-state index is 0.0764. The lowest BCUT2D eigenvalue weighted by Crippen LogP contribution is -2.44. The summed E-state index contributed by atoms with van der Waals surface area (Å²) in [6.07, 6.45) is 1.65. The van der Waals surface area contributed by atoms with Crippen LogP contribution >= 0.6 is 11.6 Å². The molecule has 3 rings (SSSR count). The van der Waals surface area contributed by atoms with Crippen molar-refractivity contribution in [2.24, 2.45) is 11.8 Å². The van der Waals surface area contributed by atoms with E-state index in [4.69, 9.17) is 20.9 Å². The van der Waals surface area contributed by atoms with Gasteiger partial charge in [-0.25, -0.2) is 0 Å². The molecule has 0 aliphatic carbocycles. The standard InChI is InChI=1S/C25H32ClN3O5/c1-4-33-25(32)18-8-7-12-28(16-18)23(30)11-13-29(15-17(2)3)24(31)21-14-22(34-27-21)19-9-5-6-10-20(19)26/h5-6,9-10,14,17-18H,4,7-8,11-13,15-16H2,1-3H3/t18-/m0/s1. The number of hydrogen-bond acceptors (Lipinski definition) is 6. The molecule has 1 aromatic carbocycles. The third kappa shape index (κ3) is 6.59. The van der Waals surface area contributed by atoms with E-state index in [1.807, 2.05) is 26.0 Å². The van der Waals surface area contributed by atoms with Crippen molar-refractivity contribution in [1.29, 1.82) is 0 Å². The molecular weight excluding hydrogens is 458 g/mol. The number of hydrogen-bond donors (Lipinski definition) is 0. The van der Waals surface area contributed by atoms with Crippen LogP contribution in [0.4, 0.5) is 0 Å². The summed E-state index contributed by atoms with van der Waals surface area (Å²) >= 11 is 6.23. The maximum atomic E-state index is 13.2. The Hall–Kier alpha value is -2.87. The Morgan fingerprint density at radius 1 is 1.29 bits per heavy atom. The Balaban J connectivity index is 1.65. The summed E-state index contributed by atoms with van der Waals surface area (Å²) in [6.45, 7) is 7.82. The third-order valence-electron chi connectivity index (χ3n) is 5.73. The molecular formula is C25H32ClN3O5. The molecule has 0 radical (unpaired) electrons. The fourth-order valence-electron chi connectivity index (χ4n) is 4.09. The normalized spacial score (nSPS) is 15.9. The molecule has 0 saturated carbocycles. The molecule has 1 aromatic heterocycles. The number of piperidine rings is 1. The number of carbonyl (C=O) groups excluding carboxylic acids is 3. The van der Waals surface area contributed by atoms with Gasteiger partial charge in [-0.3, -0.25) is 14.4 Å². The molecule has 0 unspecified atom stereocenters. The predicted octanol–water partition coefficient (Wildman–Crippen LogP) is 4.29. The molecule has 1 aliphatic rings. The molecule has 1 fully saturated rings. The summed E-state index contributed by atoms with van der Waals surface area (Å²) in [6, 6.07) is 8.75. The number of likely N-dealkylation sites (tertiary alicyclic amines) is 1. The summed E-state index contributed by atoms with van der Waals surface area (Å²) in [5.41, 5.74) is 0.825. The van der Waals surface area contributed by atoms with Gasteiger partial charge in [0, 0.05) is 44.2 Å². The van der Waals surface area contributed by atoms with Crippen LogP contribution in [0.5, 0.6) is 0 Å². The zero-order valence-electron chi connectivity index (χ0n) is 20.0. The average molecular weight is 490 g/mol. The molecule has 1 saturated heterocycles. The SMILES string of the molecule is CCOC(=O)[C@H]1CCCN(C(=O)CCN(CC(C)C)C(=O)c2cc(-c3ccccc3Cl)on2)C1. The Labute approximate surface area is 205 Å². The van der Waals surface area contributed by atoms with Crippen LogP contribution in [-0.2, 0) is 14.3 Å². The minimum Gasteiger partial charge on any atom is -0.466 e. The maximum absolute atomic E-state index is 13.2. The monoisotopic (exact) mass is 489 g/mol. The number of amides is 2. The van der Waals surface area contributed by atoms with Gasteiger partial charge in [0.1, 0.15) is 0 Å². The van der Waals surface area contributed by atoms with Gasteiger partial charge in [0.2, 0.25) is 5.91 Å². The molecule has 9 heteroatoms. The van der Waals surface area contributed by atoms with E-state index in [-0.39, 0.29) is 48.3 Å². The maximum Gasteiger partial charge on any atom is 0.310 e. The Morgan fingerprint density at radius 2 is 2.06 bits per heavy atom. The Morgan fingerprint density at radius 3 is 2.76 bits per heavy atom. The van der Waals surface area contributed by atoms with Gasteiger partial charge in [0.15, 0.2) is 11.5 Å². The van der Waals surface area contributed by atoms with Crippen molar-refractivity contribution < 1.29 is 23.6 Å². The molecule has 184 valence electrons. The van der Waals surface area contributed by atoms with Gasteiger partial charge in [0.25, 0.3) is 5.91 Å². The van der Waals surface area contributed by atoms with Crippen molar-refractivity contribution in [2.75, 3.05) is 32.8 Å². The van der Waals surface area contributed by atoms with Crippen molar-refractivity contribution in [3.8, 4) is 11.3 Å². The molecule has 2 heterocycles. The van der Waals surface area contributed by atoms with E-state index in [0.29, 0.717) is 42.6 Å². The van der Waals surface area contributed by atoms with E-state index in [2.05, 4.69) is 5.16 Å². The van der Waals surface area contributed by atoms with Crippen LogP contribution in [0.15, 0.2) is 34.9 Å². The van der Waals surface area contributed by atoms with Gasteiger partial charge < -0.3 is 19.1 Å². The van der Waals surface area contributed by atoms with E-state index in [9.17, 15) is 14.4 Å². The predicted molar refractivity (Wildman–Crippen MR) is 128 cm³/mol. The number of nitrogens with zero attached hydrogens (tertiary/aromatic N) is 3. The summed E-state index contributed by atoms with van der Waals surface area (Å²) in [4.78, 5) is 41.5. The van der Waals surface area contributed by atoms with Gasteiger partial charge in [-0.2, -0.15) is 0 Å². The lowest BCUT2D eigenvalue weighted by Gasteiger charge is -2.32. The highest BCUT2D eigenvalue weighted by Gasteiger charge is 2.30. The Kier molecular flexibility index (Phi) is 9.10. The zero-order chi connectivity index (χ0) is 24.7. The van der Waals surface area contributed by atoms with Crippen LogP contribution in [-0.4, -0.2) is 65.5 Å². The van der Waals surface area contributed by atoms with Crippen molar-refractivity contribution in [1.82, 2.24) is 15.0 Å². The third-order valence-corrected chi connectivity index (χ3v) is 6.06. The molecule has 1 aliphatic heterocycles. The fraction of sp³-hybridized carbons (Fsp3) is 0.520. The second-order valence-corrected chi connectivity index (χ2v) is 9.29. The summed E-state index contributed by atoms with van der Waals surface area (Å²) in [7, 11) is 0. The first-order valence-electron chi connectivity index (χ1n) is 11.8. The summed E-state index contributed by atoms with van der Waals surface area (Å²) in [5.74, 6) is -0.300. The average Bonchev–Trinajstić information content (AvgIpc) is 3.31. The second kappa shape index (κ2) is 12.0. The topological polar surface area (TPSA) is 93.0 Å². The number of carbonyl (C=O) groups is 3. The smallest absolute Gasteiger partial charge is 0.310 e. The van der Waals surface area contributed by atoms with E-state index < -0.39 is 0 Å². The number of aromatic nitrogens is 1. The molecule has 0 bridgehead atoms. The van der Waals surface area contributed by atoms with E-state index in [1.165, 1.54) is 0 Å². The first-order valence-corrected chi connectivity index (χ1v) is 12.1. The van der Waals surface area contributed by atoms with E-state index in [1.54, 1.807) is 34.9 Å². The van der Waals surface area contributed by atoms with E-state index in [0.717, 1.165) is 12.8 Å². The van der Waals surface area contributed by atoms with Gasteiger partial charge in [-0.05, 0) is 37.8 Å². The number of halogens is 1. The van der Waals surface area contributed by atoms with Gasteiger partial charge in [-0.1, -0.05) is 42.7 Å². The van der Waals surface area contributed by atoms with E-state index >= 15 is 0 Å². The van der Waals surface area contributed by atoms with Crippen molar-refractivity contribution in [2.45, 2.75) is 40.0 Å². The molecule has 0 spiro atoms. The quantitative estimate of drug-likeness (QED) is 0.488. The lowest BCUT2D eigenvalue weighted by molar-refractivity contribution is -0.151. The van der Waals surface area contributed by atoms with Crippen LogP contribution in [0.25, 0.3) is 11.3 Å². The highest BCUT2D eigenvalue weighted by atomic mass is 35.5. The zero-order valence-corrected chi connectivity index (χ0v) is 20.7. The highest BCUT2D eigenvalue weighted by Crippen LogP contribution is 2.28. The van der Waals surface area contributed by atoms with Crippen molar-refractivity contribution in [3.05, 3.63) is 41.0 Å². The van der Waals surface area contributed by atoms with Crippen LogP contribution in [0.1, 0.15) is 50.5 Å². The van der Waals surface area contributed by atoms with Crippen LogP contribution in [0.2, 0.25) is 5.02 Å². The molecule has 0 N–H and O–H groups in total. The molecule has 2 amide bonds.